The van der Waals surface area contributed by atoms with Crippen LogP contribution in [0.25, 0.3) is 0 Å². The van der Waals surface area contributed by atoms with Gasteiger partial charge in [-0.1, -0.05) is 50.1 Å². The van der Waals surface area contributed by atoms with Gasteiger partial charge in [-0.05, 0) is 18.4 Å². The maximum absolute atomic E-state index is 12.3. The summed E-state index contributed by atoms with van der Waals surface area (Å²) in [5, 5.41) is 4.44. The number of carbonyl (C=O) groups excluding carboxylic acids is 3. The number of barbiturate groups is 1. The molecule has 0 aromatic heterocycles. The Labute approximate surface area is 117 Å². The van der Waals surface area contributed by atoms with Crippen LogP contribution in [0.5, 0.6) is 0 Å². The fourth-order valence-electron chi connectivity index (χ4n) is 2.48. The van der Waals surface area contributed by atoms with E-state index >= 15 is 0 Å². The molecule has 0 aliphatic carbocycles. The zero-order chi connectivity index (χ0) is 14.6. The topological polar surface area (TPSA) is 75.3 Å². The van der Waals surface area contributed by atoms with Crippen molar-refractivity contribution in [3.63, 3.8) is 0 Å². The maximum Gasteiger partial charge on any atom is 0.328 e. The first-order chi connectivity index (χ1) is 9.58. The third-order valence-corrected chi connectivity index (χ3v) is 3.63. The van der Waals surface area contributed by atoms with Gasteiger partial charge in [-0.15, -0.1) is 0 Å². The van der Waals surface area contributed by atoms with Crippen molar-refractivity contribution in [1.29, 1.82) is 0 Å². The average Bonchev–Trinajstić information content (AvgIpc) is 2.42. The molecule has 0 radical (unpaired) electrons. The standard InChI is InChI=1S/C15H18N2O3/c1-2-3-9-15(10-11-7-5-4-6-8-11)12(18)16-14(20)17-13(15)19/h4-8H,2-3,9-10H2,1H3,(H2,16,17,18,19,20). The van der Waals surface area contributed by atoms with Crippen LogP contribution in [0, 0.1) is 5.41 Å². The molecule has 5 nitrogen and oxygen atoms in total. The Bertz CT molecular complexity index is 505. The Morgan fingerprint density at radius 2 is 1.60 bits per heavy atom. The molecule has 1 fully saturated rings. The van der Waals surface area contributed by atoms with Crippen molar-refractivity contribution in [1.82, 2.24) is 10.6 Å². The fraction of sp³-hybridized carbons (Fsp3) is 0.400. The van der Waals surface area contributed by atoms with E-state index in [9.17, 15) is 14.4 Å². The number of hydrogen-bond acceptors (Lipinski definition) is 3. The highest BCUT2D eigenvalue weighted by Gasteiger charge is 2.49. The van der Waals surface area contributed by atoms with Gasteiger partial charge in [-0.25, -0.2) is 4.79 Å². The molecule has 5 heteroatoms. The predicted molar refractivity (Wildman–Crippen MR) is 73.8 cm³/mol. The summed E-state index contributed by atoms with van der Waals surface area (Å²) in [6, 6.07) is 8.64. The number of imide groups is 2. The van der Waals surface area contributed by atoms with Crippen LogP contribution in [-0.2, 0) is 16.0 Å². The van der Waals surface area contributed by atoms with E-state index < -0.39 is 23.3 Å². The van der Waals surface area contributed by atoms with Crippen molar-refractivity contribution >= 4 is 17.8 Å². The van der Waals surface area contributed by atoms with Gasteiger partial charge >= 0.3 is 6.03 Å². The molecule has 1 aliphatic heterocycles. The summed E-state index contributed by atoms with van der Waals surface area (Å²) >= 11 is 0. The van der Waals surface area contributed by atoms with Crippen LogP contribution >= 0.6 is 0 Å². The highest BCUT2D eigenvalue weighted by atomic mass is 16.2. The first-order valence-electron chi connectivity index (χ1n) is 6.79. The normalized spacial score (nSPS) is 17.6. The van der Waals surface area contributed by atoms with Crippen LogP contribution in [0.3, 0.4) is 0 Å². The highest BCUT2D eigenvalue weighted by Crippen LogP contribution is 2.32. The lowest BCUT2D eigenvalue weighted by Crippen LogP contribution is -2.63. The number of urea groups is 1. The van der Waals surface area contributed by atoms with Crippen LogP contribution < -0.4 is 10.6 Å². The smallest absolute Gasteiger partial charge is 0.277 e. The van der Waals surface area contributed by atoms with Gasteiger partial charge in [-0.2, -0.15) is 0 Å². The van der Waals surface area contributed by atoms with Crippen LogP contribution in [0.2, 0.25) is 0 Å². The quantitative estimate of drug-likeness (QED) is 0.803. The van der Waals surface area contributed by atoms with Crippen molar-refractivity contribution in [2.24, 2.45) is 5.41 Å². The first kappa shape index (κ1) is 14.2. The number of carbonyl (C=O) groups is 3. The third-order valence-electron chi connectivity index (χ3n) is 3.63. The summed E-state index contributed by atoms with van der Waals surface area (Å²) in [4.78, 5) is 35.7. The molecular weight excluding hydrogens is 256 g/mol. The van der Waals surface area contributed by atoms with Gasteiger partial charge in [-0.3, -0.25) is 20.2 Å². The Morgan fingerprint density at radius 3 is 2.15 bits per heavy atom. The lowest BCUT2D eigenvalue weighted by atomic mass is 9.74. The molecule has 2 N–H and O–H groups in total. The molecule has 0 unspecified atom stereocenters. The Morgan fingerprint density at radius 1 is 1.00 bits per heavy atom. The van der Waals surface area contributed by atoms with E-state index in [1.54, 1.807) is 0 Å². The van der Waals surface area contributed by atoms with Gasteiger partial charge in [0.1, 0.15) is 5.41 Å². The minimum atomic E-state index is -1.19. The minimum Gasteiger partial charge on any atom is -0.277 e. The Kier molecular flexibility index (Phi) is 4.17. The zero-order valence-corrected chi connectivity index (χ0v) is 11.4. The van der Waals surface area contributed by atoms with Crippen LogP contribution in [0.15, 0.2) is 30.3 Å². The lowest BCUT2D eigenvalue weighted by molar-refractivity contribution is -0.145. The van der Waals surface area contributed by atoms with E-state index in [0.29, 0.717) is 12.8 Å². The average molecular weight is 274 g/mol. The van der Waals surface area contributed by atoms with Crippen molar-refractivity contribution in [2.45, 2.75) is 32.6 Å². The minimum absolute atomic E-state index is 0.304. The number of nitrogens with one attached hydrogen (secondary N) is 2. The summed E-state index contributed by atoms with van der Waals surface area (Å²) < 4.78 is 0. The number of hydrogen-bond donors (Lipinski definition) is 2. The highest BCUT2D eigenvalue weighted by molar-refractivity contribution is 6.19. The molecule has 2 rings (SSSR count). The van der Waals surface area contributed by atoms with Crippen LogP contribution in [-0.4, -0.2) is 17.8 Å². The van der Waals surface area contributed by atoms with E-state index in [1.807, 2.05) is 37.3 Å². The molecule has 0 saturated carbocycles. The second kappa shape index (κ2) is 5.86. The SMILES string of the molecule is CCCCC1(Cc2ccccc2)C(=O)NC(=O)NC1=O. The molecular formula is C15H18N2O3. The monoisotopic (exact) mass is 274 g/mol. The summed E-state index contributed by atoms with van der Waals surface area (Å²) in [6.07, 6.45) is 2.37. The summed E-state index contributed by atoms with van der Waals surface area (Å²) in [7, 11) is 0. The summed E-state index contributed by atoms with van der Waals surface area (Å²) in [5.74, 6) is -0.993. The lowest BCUT2D eigenvalue weighted by Gasteiger charge is -2.34. The fourth-order valence-corrected chi connectivity index (χ4v) is 2.48. The molecule has 1 aromatic rings. The van der Waals surface area contributed by atoms with E-state index in [1.165, 1.54) is 0 Å². The number of rotatable bonds is 5. The van der Waals surface area contributed by atoms with Gasteiger partial charge in [0, 0.05) is 0 Å². The predicted octanol–water partition coefficient (Wildman–Crippen LogP) is 1.77. The maximum atomic E-state index is 12.3. The third kappa shape index (κ3) is 2.71. The molecule has 1 saturated heterocycles. The van der Waals surface area contributed by atoms with Gasteiger partial charge in [0.2, 0.25) is 11.8 Å². The number of benzene rings is 1. The molecule has 0 atom stereocenters. The number of unbranched alkanes of at least 4 members (excludes halogenated alkanes) is 1. The second-order valence-electron chi connectivity index (χ2n) is 5.09. The molecule has 20 heavy (non-hydrogen) atoms. The molecule has 1 aromatic carbocycles. The zero-order valence-electron chi connectivity index (χ0n) is 11.4. The molecule has 0 bridgehead atoms. The van der Waals surface area contributed by atoms with Crippen molar-refractivity contribution < 1.29 is 14.4 Å². The Hall–Kier alpha value is -2.17. The van der Waals surface area contributed by atoms with E-state index in [0.717, 1.165) is 18.4 Å². The van der Waals surface area contributed by atoms with Crippen LogP contribution in [0.1, 0.15) is 31.7 Å². The van der Waals surface area contributed by atoms with Crippen LogP contribution in [0.4, 0.5) is 4.79 Å². The first-order valence-corrected chi connectivity index (χ1v) is 6.79. The number of amides is 4. The molecule has 0 spiro atoms. The summed E-state index contributed by atoms with van der Waals surface area (Å²) in [6.45, 7) is 2.00. The van der Waals surface area contributed by atoms with E-state index in [2.05, 4.69) is 10.6 Å². The van der Waals surface area contributed by atoms with Crippen molar-refractivity contribution in [2.75, 3.05) is 0 Å². The van der Waals surface area contributed by atoms with Crippen molar-refractivity contribution in [3.05, 3.63) is 35.9 Å². The van der Waals surface area contributed by atoms with E-state index in [-0.39, 0.29) is 0 Å². The van der Waals surface area contributed by atoms with Gasteiger partial charge in [0.15, 0.2) is 0 Å². The van der Waals surface area contributed by atoms with Gasteiger partial charge in [0.05, 0.1) is 0 Å². The second-order valence-corrected chi connectivity index (χ2v) is 5.09. The molecule has 1 aliphatic rings. The molecule has 4 amide bonds. The van der Waals surface area contributed by atoms with Gasteiger partial charge < -0.3 is 0 Å². The van der Waals surface area contributed by atoms with E-state index in [4.69, 9.17) is 0 Å². The van der Waals surface area contributed by atoms with Crippen molar-refractivity contribution in [3.8, 4) is 0 Å². The summed E-state index contributed by atoms with van der Waals surface area (Å²) in [5.41, 5.74) is -0.283. The Balaban J connectivity index is 2.31. The van der Waals surface area contributed by atoms with Gasteiger partial charge in [0.25, 0.3) is 0 Å². The molecule has 1 heterocycles. The molecule has 106 valence electrons. The largest absolute Gasteiger partial charge is 0.328 e.